The van der Waals surface area contributed by atoms with E-state index in [2.05, 4.69) is 24.9 Å². The van der Waals surface area contributed by atoms with Crippen LogP contribution in [0.2, 0.25) is 0 Å². The van der Waals surface area contributed by atoms with E-state index in [1.807, 2.05) is 55.5 Å². The van der Waals surface area contributed by atoms with Gasteiger partial charge in [0, 0.05) is 12.2 Å². The van der Waals surface area contributed by atoms with Crippen molar-refractivity contribution in [3.05, 3.63) is 89.1 Å². The minimum Gasteiger partial charge on any atom is -0.325 e. The van der Waals surface area contributed by atoms with Gasteiger partial charge in [0.05, 0.1) is 23.4 Å². The first kappa shape index (κ1) is 27.1. The molecule has 0 N–H and O–H groups in total. The Labute approximate surface area is 227 Å². The van der Waals surface area contributed by atoms with Gasteiger partial charge >= 0.3 is 0 Å². The third-order valence-corrected chi connectivity index (χ3v) is 7.27. The molecule has 1 saturated heterocycles. The van der Waals surface area contributed by atoms with Gasteiger partial charge in [-0.25, -0.2) is 9.88 Å². The lowest BCUT2D eigenvalue weighted by Gasteiger charge is -2.28. The third-order valence-electron chi connectivity index (χ3n) is 6.30. The number of carbonyl (C=O) groups excluding carboxylic acids is 3. The molecular weight excluding hydrogens is 496 g/mol. The Morgan fingerprint density at radius 1 is 1.11 bits per heavy atom. The molecule has 3 aromatic rings. The smallest absolute Gasteiger partial charge is 0.257 e. The second kappa shape index (κ2) is 12.1. The summed E-state index contributed by atoms with van der Waals surface area (Å²) in [6.45, 7) is 6.32. The first-order valence-corrected chi connectivity index (χ1v) is 13.5. The van der Waals surface area contributed by atoms with E-state index in [-0.39, 0.29) is 30.5 Å². The van der Waals surface area contributed by atoms with E-state index < -0.39 is 11.9 Å². The number of aromatic nitrogens is 1. The number of imide groups is 1. The molecule has 1 aliphatic heterocycles. The maximum atomic E-state index is 13.6. The fourth-order valence-electron chi connectivity index (χ4n) is 4.40. The number of anilines is 1. The molecule has 0 aliphatic carbocycles. The Morgan fingerprint density at radius 2 is 1.82 bits per heavy atom. The molecule has 0 saturated carbocycles. The monoisotopic (exact) mass is 526 g/mol. The molecule has 2 aromatic carbocycles. The third kappa shape index (κ3) is 6.29. The van der Waals surface area contributed by atoms with Gasteiger partial charge in [0.25, 0.3) is 5.91 Å². The summed E-state index contributed by atoms with van der Waals surface area (Å²) in [5, 5.41) is 10.1. The fraction of sp³-hybridized carbons (Fsp3) is 0.300. The predicted octanol–water partition coefficient (Wildman–Crippen LogP) is 4.91. The molecule has 38 heavy (non-hydrogen) atoms. The standard InChI is InChI=1S/C30H30N4O3S/c1-20(2)15-24-12-11-23(17-31)29(32-24)38-19-28(36)33(18-22-7-5-4-6-8-22)26-16-27(35)34(30(26)37)25-13-9-21(3)10-14-25/h4-14,20,26H,15-16,18-19H2,1-3H3. The van der Waals surface area contributed by atoms with Gasteiger partial charge in [-0.3, -0.25) is 14.4 Å². The van der Waals surface area contributed by atoms with Gasteiger partial charge < -0.3 is 4.90 Å². The molecule has 0 radical (unpaired) electrons. The number of benzene rings is 2. The quantitative estimate of drug-likeness (QED) is 0.290. The van der Waals surface area contributed by atoms with Crippen molar-refractivity contribution in [3.63, 3.8) is 0 Å². The van der Waals surface area contributed by atoms with E-state index >= 15 is 0 Å². The summed E-state index contributed by atoms with van der Waals surface area (Å²) in [7, 11) is 0. The van der Waals surface area contributed by atoms with Gasteiger partial charge in [-0.15, -0.1) is 0 Å². The van der Waals surface area contributed by atoms with Crippen LogP contribution in [0.1, 0.15) is 42.7 Å². The lowest BCUT2D eigenvalue weighted by molar-refractivity contribution is -0.136. The minimum atomic E-state index is -0.909. The van der Waals surface area contributed by atoms with Gasteiger partial charge in [0.1, 0.15) is 17.1 Å². The van der Waals surface area contributed by atoms with Crippen molar-refractivity contribution < 1.29 is 14.4 Å². The number of hydrogen-bond acceptors (Lipinski definition) is 6. The van der Waals surface area contributed by atoms with Crippen LogP contribution in [-0.2, 0) is 27.3 Å². The molecule has 3 amide bonds. The molecule has 1 unspecified atom stereocenters. The maximum Gasteiger partial charge on any atom is 0.257 e. The summed E-state index contributed by atoms with van der Waals surface area (Å²) < 4.78 is 0. The predicted molar refractivity (Wildman–Crippen MR) is 147 cm³/mol. The Kier molecular flexibility index (Phi) is 8.59. The highest BCUT2D eigenvalue weighted by Crippen LogP contribution is 2.29. The average molecular weight is 527 g/mol. The van der Waals surface area contributed by atoms with Gasteiger partial charge in [-0.2, -0.15) is 5.26 Å². The molecule has 8 heteroatoms. The van der Waals surface area contributed by atoms with Crippen molar-refractivity contribution in [2.45, 2.75) is 51.2 Å². The lowest BCUT2D eigenvalue weighted by Crippen LogP contribution is -2.45. The zero-order valence-corrected chi connectivity index (χ0v) is 22.6. The SMILES string of the molecule is Cc1ccc(N2C(=O)CC(N(Cc3ccccc3)C(=O)CSc3nc(CC(C)C)ccc3C#N)C2=O)cc1. The van der Waals surface area contributed by atoms with Crippen LogP contribution in [0.3, 0.4) is 0 Å². The summed E-state index contributed by atoms with van der Waals surface area (Å²) in [5.41, 5.74) is 3.64. The zero-order chi connectivity index (χ0) is 27.2. The summed E-state index contributed by atoms with van der Waals surface area (Å²) in [6.07, 6.45) is 0.683. The van der Waals surface area contributed by atoms with Gasteiger partial charge in [-0.05, 0) is 49.1 Å². The van der Waals surface area contributed by atoms with Crippen LogP contribution in [0.25, 0.3) is 0 Å². The summed E-state index contributed by atoms with van der Waals surface area (Å²) >= 11 is 1.18. The number of hydrogen-bond donors (Lipinski definition) is 0. The number of aryl methyl sites for hydroxylation is 1. The summed E-state index contributed by atoms with van der Waals surface area (Å²) in [4.78, 5) is 47.4. The Bertz CT molecular complexity index is 1370. The van der Waals surface area contributed by atoms with Crippen molar-refractivity contribution in [3.8, 4) is 6.07 Å². The van der Waals surface area contributed by atoms with Crippen LogP contribution >= 0.6 is 11.8 Å². The fourth-order valence-corrected chi connectivity index (χ4v) is 5.27. The number of nitrogens with zero attached hydrogens (tertiary/aromatic N) is 4. The molecule has 1 fully saturated rings. The average Bonchev–Trinajstić information content (AvgIpc) is 3.20. The molecule has 2 heterocycles. The molecule has 0 spiro atoms. The molecule has 194 valence electrons. The second-order valence-electron chi connectivity index (χ2n) is 9.78. The number of amides is 3. The Hall–Kier alpha value is -3.96. The van der Waals surface area contributed by atoms with Crippen LogP contribution < -0.4 is 4.90 Å². The molecule has 0 bridgehead atoms. The Morgan fingerprint density at radius 3 is 2.47 bits per heavy atom. The largest absolute Gasteiger partial charge is 0.325 e. The first-order valence-electron chi connectivity index (χ1n) is 12.6. The second-order valence-corrected chi connectivity index (χ2v) is 10.7. The van der Waals surface area contributed by atoms with E-state index in [9.17, 15) is 19.6 Å². The normalized spacial score (nSPS) is 15.1. The van der Waals surface area contributed by atoms with Crippen LogP contribution in [-0.4, -0.2) is 39.4 Å². The zero-order valence-electron chi connectivity index (χ0n) is 21.8. The van der Waals surface area contributed by atoms with Crippen molar-refractivity contribution >= 4 is 35.2 Å². The van der Waals surface area contributed by atoms with Gasteiger partial charge in [0.2, 0.25) is 11.8 Å². The van der Waals surface area contributed by atoms with E-state index in [0.29, 0.717) is 22.2 Å². The lowest BCUT2D eigenvalue weighted by atomic mass is 10.1. The number of rotatable bonds is 9. The maximum absolute atomic E-state index is 13.6. The van der Waals surface area contributed by atoms with E-state index in [1.54, 1.807) is 18.2 Å². The van der Waals surface area contributed by atoms with Crippen LogP contribution in [0.5, 0.6) is 0 Å². The molecule has 4 rings (SSSR count). The first-order chi connectivity index (χ1) is 18.3. The number of nitriles is 1. The molecule has 1 atom stereocenters. The Balaban J connectivity index is 1.58. The molecule has 1 aliphatic rings. The molecule has 7 nitrogen and oxygen atoms in total. The number of carbonyl (C=O) groups is 3. The number of pyridine rings is 1. The highest BCUT2D eigenvalue weighted by atomic mass is 32.2. The summed E-state index contributed by atoms with van der Waals surface area (Å²) in [5.74, 6) is -0.656. The summed E-state index contributed by atoms with van der Waals surface area (Å²) in [6, 6.07) is 21.4. The minimum absolute atomic E-state index is 0.0118. The van der Waals surface area contributed by atoms with Crippen molar-refractivity contribution in [2.24, 2.45) is 5.92 Å². The molecule has 1 aromatic heterocycles. The van der Waals surface area contributed by atoms with E-state index in [1.165, 1.54) is 21.6 Å². The van der Waals surface area contributed by atoms with Crippen molar-refractivity contribution in [1.29, 1.82) is 5.26 Å². The van der Waals surface area contributed by atoms with Crippen LogP contribution in [0.4, 0.5) is 5.69 Å². The highest BCUT2D eigenvalue weighted by Gasteiger charge is 2.44. The van der Waals surface area contributed by atoms with E-state index in [4.69, 9.17) is 0 Å². The van der Waals surface area contributed by atoms with Gasteiger partial charge in [-0.1, -0.05) is 73.6 Å². The van der Waals surface area contributed by atoms with Gasteiger partial charge in [0.15, 0.2) is 0 Å². The topological polar surface area (TPSA) is 94.4 Å². The highest BCUT2D eigenvalue weighted by molar-refractivity contribution is 8.00. The van der Waals surface area contributed by atoms with Crippen LogP contribution in [0.15, 0.2) is 71.8 Å². The van der Waals surface area contributed by atoms with E-state index in [0.717, 1.165) is 23.2 Å². The van der Waals surface area contributed by atoms with Crippen molar-refractivity contribution in [2.75, 3.05) is 10.7 Å². The number of thioether (sulfide) groups is 1. The molecular formula is C30H30N4O3S. The van der Waals surface area contributed by atoms with Crippen molar-refractivity contribution in [1.82, 2.24) is 9.88 Å². The van der Waals surface area contributed by atoms with Crippen LogP contribution in [0, 0.1) is 24.2 Å².